The number of rotatable bonds is 11. The molecule has 6 heteroatoms. The molecule has 0 bridgehead atoms. The van der Waals surface area contributed by atoms with Crippen molar-refractivity contribution in [1.82, 2.24) is 10.6 Å². The number of carbonyl (C=O) groups excluding carboxylic acids is 2. The Morgan fingerprint density at radius 2 is 1.95 bits per heavy atom. The molecule has 0 fully saturated rings. The Bertz CT molecular complexity index is 259. The summed E-state index contributed by atoms with van der Waals surface area (Å²) in [4.78, 5) is 22.9. The molecule has 1 amide bonds. The molecule has 0 aromatic carbocycles. The summed E-state index contributed by atoms with van der Waals surface area (Å²) in [6.07, 6.45) is 3.04. The van der Waals surface area contributed by atoms with Gasteiger partial charge in [0.05, 0.1) is 13.7 Å². The van der Waals surface area contributed by atoms with Crippen LogP contribution in [0.1, 0.15) is 32.6 Å². The molecule has 0 aromatic heterocycles. The lowest BCUT2D eigenvalue weighted by Crippen LogP contribution is -2.40. The van der Waals surface area contributed by atoms with Gasteiger partial charge in [-0.1, -0.05) is 19.8 Å². The molecule has 2 N–H and O–H groups in total. The van der Waals surface area contributed by atoms with Crippen molar-refractivity contribution in [2.24, 2.45) is 0 Å². The molecule has 0 aliphatic heterocycles. The highest BCUT2D eigenvalue weighted by Crippen LogP contribution is 2.02. The zero-order chi connectivity index (χ0) is 14.5. The van der Waals surface area contributed by atoms with E-state index in [1.54, 1.807) is 7.11 Å². The lowest BCUT2D eigenvalue weighted by molar-refractivity contribution is -0.143. The number of methoxy groups -OCH3 is 2. The minimum absolute atomic E-state index is 0.0522. The Hall–Kier alpha value is -1.14. The fraction of sp³-hybridized carbons (Fsp3) is 0.846. The molecule has 6 nitrogen and oxygen atoms in total. The number of unbranched alkanes of at least 4 members (excludes halogenated alkanes) is 1. The van der Waals surface area contributed by atoms with Crippen LogP contribution in [-0.4, -0.2) is 51.8 Å². The fourth-order valence-electron chi connectivity index (χ4n) is 1.59. The monoisotopic (exact) mass is 274 g/mol. The third kappa shape index (κ3) is 9.44. The molecule has 0 spiro atoms. The van der Waals surface area contributed by atoms with Crippen LogP contribution in [-0.2, 0) is 19.1 Å². The van der Waals surface area contributed by atoms with E-state index in [2.05, 4.69) is 17.6 Å². The number of nitrogens with one attached hydrogen (secondary N) is 2. The van der Waals surface area contributed by atoms with Crippen LogP contribution >= 0.6 is 0 Å². The number of hydrogen-bond acceptors (Lipinski definition) is 5. The van der Waals surface area contributed by atoms with Gasteiger partial charge in [0.15, 0.2) is 0 Å². The molecular formula is C13H26N2O4. The molecule has 0 saturated carbocycles. The van der Waals surface area contributed by atoms with E-state index in [9.17, 15) is 9.59 Å². The van der Waals surface area contributed by atoms with Gasteiger partial charge in [-0.25, -0.2) is 0 Å². The molecule has 0 aromatic rings. The lowest BCUT2D eigenvalue weighted by Gasteiger charge is -2.15. The highest BCUT2D eigenvalue weighted by atomic mass is 16.5. The van der Waals surface area contributed by atoms with Crippen LogP contribution in [0, 0.1) is 0 Å². The quantitative estimate of drug-likeness (QED) is 0.423. The summed E-state index contributed by atoms with van der Waals surface area (Å²) in [6.45, 7) is 3.53. The lowest BCUT2D eigenvalue weighted by atomic mass is 10.1. The smallest absolute Gasteiger partial charge is 0.322 e. The van der Waals surface area contributed by atoms with Gasteiger partial charge in [-0.15, -0.1) is 0 Å². The Balaban J connectivity index is 3.84. The van der Waals surface area contributed by atoms with E-state index in [1.807, 2.05) is 0 Å². The molecule has 0 radical (unpaired) electrons. The minimum Gasteiger partial charge on any atom is -0.468 e. The number of ether oxygens (including phenoxy) is 2. The van der Waals surface area contributed by atoms with Gasteiger partial charge in [0.1, 0.15) is 6.04 Å². The Labute approximate surface area is 115 Å². The largest absolute Gasteiger partial charge is 0.468 e. The molecule has 1 atom stereocenters. The van der Waals surface area contributed by atoms with Crippen molar-refractivity contribution in [3.8, 4) is 0 Å². The standard InChI is InChI=1S/C13H26N2O4/c1-4-5-6-11(13(17)19-3)14-8-7-12(16)15-9-10-18-2/h11,14H,4-10H2,1-3H3,(H,15,16). The first-order valence-electron chi connectivity index (χ1n) is 6.72. The van der Waals surface area contributed by atoms with Crippen molar-refractivity contribution in [2.75, 3.05) is 33.9 Å². The highest BCUT2D eigenvalue weighted by molar-refractivity contribution is 5.77. The summed E-state index contributed by atoms with van der Waals surface area (Å²) < 4.78 is 9.56. The second kappa shape index (κ2) is 11.9. The molecule has 0 heterocycles. The van der Waals surface area contributed by atoms with Gasteiger partial charge < -0.3 is 20.1 Å². The fourth-order valence-corrected chi connectivity index (χ4v) is 1.59. The van der Waals surface area contributed by atoms with Gasteiger partial charge in [0, 0.05) is 26.6 Å². The first kappa shape index (κ1) is 17.9. The van der Waals surface area contributed by atoms with Crippen molar-refractivity contribution >= 4 is 11.9 Å². The van der Waals surface area contributed by atoms with Crippen LogP contribution in [0.4, 0.5) is 0 Å². The van der Waals surface area contributed by atoms with E-state index in [0.29, 0.717) is 26.1 Å². The van der Waals surface area contributed by atoms with Crippen LogP contribution in [0.25, 0.3) is 0 Å². The predicted molar refractivity (Wildman–Crippen MR) is 72.8 cm³/mol. The number of hydrogen-bond donors (Lipinski definition) is 2. The third-order valence-corrected chi connectivity index (χ3v) is 2.70. The van der Waals surface area contributed by atoms with Gasteiger partial charge in [-0.3, -0.25) is 9.59 Å². The van der Waals surface area contributed by atoms with Gasteiger partial charge in [-0.05, 0) is 6.42 Å². The van der Waals surface area contributed by atoms with Crippen molar-refractivity contribution in [2.45, 2.75) is 38.6 Å². The molecular weight excluding hydrogens is 248 g/mol. The summed E-state index contributed by atoms with van der Waals surface area (Å²) in [5, 5.41) is 5.78. The maximum Gasteiger partial charge on any atom is 0.322 e. The minimum atomic E-state index is -0.322. The molecule has 112 valence electrons. The molecule has 0 aliphatic rings. The van der Waals surface area contributed by atoms with E-state index in [0.717, 1.165) is 19.3 Å². The van der Waals surface area contributed by atoms with E-state index in [1.165, 1.54) is 7.11 Å². The number of carbonyl (C=O) groups is 2. The van der Waals surface area contributed by atoms with Gasteiger partial charge >= 0.3 is 5.97 Å². The topological polar surface area (TPSA) is 76.7 Å². The zero-order valence-corrected chi connectivity index (χ0v) is 12.2. The summed E-state index contributed by atoms with van der Waals surface area (Å²) in [5.74, 6) is -0.322. The van der Waals surface area contributed by atoms with Crippen molar-refractivity contribution in [1.29, 1.82) is 0 Å². The van der Waals surface area contributed by atoms with E-state index < -0.39 is 0 Å². The average molecular weight is 274 g/mol. The van der Waals surface area contributed by atoms with Gasteiger partial charge in [0.2, 0.25) is 5.91 Å². The van der Waals surface area contributed by atoms with Gasteiger partial charge in [0.25, 0.3) is 0 Å². The number of amides is 1. The molecule has 19 heavy (non-hydrogen) atoms. The van der Waals surface area contributed by atoms with E-state index in [-0.39, 0.29) is 17.9 Å². The van der Waals surface area contributed by atoms with Crippen molar-refractivity contribution in [3.63, 3.8) is 0 Å². The molecule has 0 rings (SSSR count). The third-order valence-electron chi connectivity index (χ3n) is 2.70. The summed E-state index contributed by atoms with van der Waals surface area (Å²) >= 11 is 0. The summed E-state index contributed by atoms with van der Waals surface area (Å²) in [5.41, 5.74) is 0. The average Bonchev–Trinajstić information content (AvgIpc) is 2.42. The first-order valence-corrected chi connectivity index (χ1v) is 6.72. The second-order valence-electron chi connectivity index (χ2n) is 4.26. The summed E-state index contributed by atoms with van der Waals surface area (Å²) in [7, 11) is 2.96. The van der Waals surface area contributed by atoms with E-state index in [4.69, 9.17) is 9.47 Å². The Kier molecular flexibility index (Phi) is 11.2. The number of esters is 1. The Morgan fingerprint density at radius 3 is 2.53 bits per heavy atom. The second-order valence-corrected chi connectivity index (χ2v) is 4.26. The van der Waals surface area contributed by atoms with Crippen LogP contribution in [0.2, 0.25) is 0 Å². The van der Waals surface area contributed by atoms with Crippen LogP contribution < -0.4 is 10.6 Å². The van der Waals surface area contributed by atoms with Crippen LogP contribution in [0.5, 0.6) is 0 Å². The van der Waals surface area contributed by atoms with Crippen LogP contribution in [0.15, 0.2) is 0 Å². The van der Waals surface area contributed by atoms with Crippen molar-refractivity contribution in [3.05, 3.63) is 0 Å². The zero-order valence-electron chi connectivity index (χ0n) is 12.2. The maximum atomic E-state index is 11.5. The molecule has 0 saturated heterocycles. The molecule has 1 unspecified atom stereocenters. The SMILES string of the molecule is CCCCC(NCCC(=O)NCCOC)C(=O)OC. The Morgan fingerprint density at radius 1 is 1.21 bits per heavy atom. The summed E-state index contributed by atoms with van der Waals surface area (Å²) in [6, 6.07) is -0.322. The molecule has 0 aliphatic carbocycles. The normalized spacial score (nSPS) is 11.9. The van der Waals surface area contributed by atoms with Gasteiger partial charge in [-0.2, -0.15) is 0 Å². The first-order chi connectivity index (χ1) is 9.15. The van der Waals surface area contributed by atoms with Crippen LogP contribution in [0.3, 0.4) is 0 Å². The van der Waals surface area contributed by atoms with Crippen molar-refractivity contribution < 1.29 is 19.1 Å². The predicted octanol–water partition coefficient (Wildman–Crippen LogP) is 0.461. The maximum absolute atomic E-state index is 11.5. The van der Waals surface area contributed by atoms with E-state index >= 15 is 0 Å². The highest BCUT2D eigenvalue weighted by Gasteiger charge is 2.17.